The molecule has 1 heterocycles. The third-order valence-electron chi connectivity index (χ3n) is 3.66. The molecule has 0 unspecified atom stereocenters. The van der Waals surface area contributed by atoms with E-state index in [1.54, 1.807) is 38.2 Å². The zero-order valence-electron chi connectivity index (χ0n) is 15.8. The minimum atomic E-state index is -2.88. The smallest absolute Gasteiger partial charge is 0.387 e. The van der Waals surface area contributed by atoms with Gasteiger partial charge in [0.1, 0.15) is 18.6 Å². The van der Waals surface area contributed by atoms with E-state index in [1.807, 2.05) is 0 Å². The number of benzene rings is 1. The number of allylic oxidation sites excluding steroid dienone is 1. The molecule has 0 fully saturated rings. The molecule has 0 bridgehead atoms. The van der Waals surface area contributed by atoms with Crippen molar-refractivity contribution in [2.24, 2.45) is 5.16 Å². The number of hydrogen-bond acceptors (Lipinski definition) is 6. The van der Waals surface area contributed by atoms with E-state index in [4.69, 9.17) is 9.57 Å². The molecule has 0 saturated heterocycles. The Morgan fingerprint density at radius 2 is 1.89 bits per heavy atom. The number of carbonyl (C=O) groups excluding carboxylic acids is 1. The summed E-state index contributed by atoms with van der Waals surface area (Å²) < 4.78 is 35.9. The van der Waals surface area contributed by atoms with Crippen LogP contribution in [0.4, 0.5) is 8.78 Å². The van der Waals surface area contributed by atoms with Gasteiger partial charge in [0.05, 0.1) is 5.69 Å². The van der Waals surface area contributed by atoms with Crippen molar-refractivity contribution >= 4 is 11.6 Å². The van der Waals surface area contributed by atoms with E-state index in [2.05, 4.69) is 20.3 Å². The Labute approximate surface area is 160 Å². The number of nitrogens with one attached hydrogen (secondary N) is 1. The second-order valence-electron chi connectivity index (χ2n) is 5.46. The van der Waals surface area contributed by atoms with Crippen LogP contribution in [0.25, 0.3) is 5.69 Å². The minimum absolute atomic E-state index is 0.0518. The zero-order valence-corrected chi connectivity index (χ0v) is 15.8. The summed E-state index contributed by atoms with van der Waals surface area (Å²) in [5.74, 6) is 0.318. The van der Waals surface area contributed by atoms with Crippen LogP contribution in [0.2, 0.25) is 0 Å². The maximum Gasteiger partial charge on any atom is 0.387 e. The molecule has 0 aliphatic rings. The van der Waals surface area contributed by atoms with E-state index in [9.17, 15) is 13.6 Å². The second-order valence-corrected chi connectivity index (χ2v) is 5.46. The van der Waals surface area contributed by atoms with Gasteiger partial charge in [0.25, 0.3) is 5.91 Å². The molecule has 1 aromatic carbocycles. The Balaban J connectivity index is 2.17. The summed E-state index contributed by atoms with van der Waals surface area (Å²) in [6.07, 6.45) is 1.64. The predicted octanol–water partition coefficient (Wildman–Crippen LogP) is 2.89. The van der Waals surface area contributed by atoms with E-state index in [0.29, 0.717) is 17.0 Å². The van der Waals surface area contributed by atoms with Crippen molar-refractivity contribution in [2.75, 3.05) is 14.2 Å². The van der Waals surface area contributed by atoms with Gasteiger partial charge in [-0.05, 0) is 38.1 Å². The second kappa shape index (κ2) is 9.49. The Kier molecular flexibility index (Phi) is 7.08. The van der Waals surface area contributed by atoms with Crippen LogP contribution in [-0.4, -0.2) is 42.2 Å². The standard InChI is InChI=1S/C18H20F2N4O4/c1-11(16(23-26-4)17(25)21-3)12(2)27-15-9-10-24(22-15)13-5-7-14(8-6-13)28-18(19)20/h5-10,18H,1-4H3,(H,21,25). The van der Waals surface area contributed by atoms with Gasteiger partial charge in [-0.15, -0.1) is 5.10 Å². The summed E-state index contributed by atoms with van der Waals surface area (Å²) >= 11 is 0. The first-order valence-corrected chi connectivity index (χ1v) is 8.15. The number of hydrogen-bond donors (Lipinski definition) is 1. The van der Waals surface area contributed by atoms with Gasteiger partial charge in [0.2, 0.25) is 5.88 Å². The molecule has 1 aromatic heterocycles. The highest BCUT2D eigenvalue weighted by atomic mass is 19.3. The first-order valence-electron chi connectivity index (χ1n) is 8.15. The third-order valence-corrected chi connectivity index (χ3v) is 3.66. The molecule has 0 atom stereocenters. The maximum atomic E-state index is 12.2. The van der Waals surface area contributed by atoms with Gasteiger partial charge in [-0.2, -0.15) is 8.78 Å². The molecule has 2 rings (SSSR count). The van der Waals surface area contributed by atoms with Gasteiger partial charge in [0.15, 0.2) is 5.71 Å². The number of alkyl halides is 2. The van der Waals surface area contributed by atoms with Crippen molar-refractivity contribution in [1.29, 1.82) is 0 Å². The topological polar surface area (TPSA) is 87.0 Å². The van der Waals surface area contributed by atoms with Gasteiger partial charge in [0, 0.05) is 24.9 Å². The normalized spacial score (nSPS) is 12.5. The van der Waals surface area contributed by atoms with E-state index >= 15 is 0 Å². The van der Waals surface area contributed by atoms with Gasteiger partial charge in [-0.25, -0.2) is 4.68 Å². The highest BCUT2D eigenvalue weighted by molar-refractivity contribution is 6.45. The van der Waals surface area contributed by atoms with Gasteiger partial charge in [-0.3, -0.25) is 4.79 Å². The van der Waals surface area contributed by atoms with Crippen LogP contribution in [0.3, 0.4) is 0 Å². The van der Waals surface area contributed by atoms with E-state index in [0.717, 1.165) is 0 Å². The molecular weight excluding hydrogens is 374 g/mol. The van der Waals surface area contributed by atoms with E-state index < -0.39 is 12.5 Å². The third kappa shape index (κ3) is 5.29. The number of oxime groups is 1. The number of ether oxygens (including phenoxy) is 2. The quantitative estimate of drug-likeness (QED) is 0.423. The number of amides is 1. The molecule has 10 heteroatoms. The van der Waals surface area contributed by atoms with E-state index in [1.165, 1.54) is 31.0 Å². The number of halogens is 2. The lowest BCUT2D eigenvalue weighted by Gasteiger charge is -2.09. The molecule has 0 spiro atoms. The van der Waals surface area contributed by atoms with Crippen molar-refractivity contribution in [3.63, 3.8) is 0 Å². The van der Waals surface area contributed by atoms with Gasteiger partial charge < -0.3 is 19.6 Å². The number of aromatic nitrogens is 2. The molecular formula is C18H20F2N4O4. The number of rotatable bonds is 8. The monoisotopic (exact) mass is 394 g/mol. The van der Waals surface area contributed by atoms with Crippen molar-refractivity contribution in [2.45, 2.75) is 20.5 Å². The lowest BCUT2D eigenvalue weighted by atomic mass is 10.1. The Bertz CT molecular complexity index is 876. The van der Waals surface area contributed by atoms with Crippen molar-refractivity contribution in [3.05, 3.63) is 47.9 Å². The fourth-order valence-electron chi connectivity index (χ4n) is 2.18. The Morgan fingerprint density at radius 1 is 1.21 bits per heavy atom. The average Bonchev–Trinajstić information content (AvgIpc) is 3.13. The molecule has 2 aromatic rings. The molecule has 0 aliphatic heterocycles. The fraction of sp³-hybridized carbons (Fsp3) is 0.278. The molecule has 150 valence electrons. The molecule has 0 saturated carbocycles. The van der Waals surface area contributed by atoms with Crippen LogP contribution in [0.1, 0.15) is 13.8 Å². The van der Waals surface area contributed by atoms with Crippen LogP contribution >= 0.6 is 0 Å². The average molecular weight is 394 g/mol. The van der Waals surface area contributed by atoms with Crippen molar-refractivity contribution < 1.29 is 27.9 Å². The van der Waals surface area contributed by atoms with Crippen LogP contribution in [0, 0.1) is 0 Å². The fourth-order valence-corrected chi connectivity index (χ4v) is 2.18. The predicted molar refractivity (Wildman–Crippen MR) is 97.7 cm³/mol. The summed E-state index contributed by atoms with van der Waals surface area (Å²) in [5, 5.41) is 10.5. The largest absolute Gasteiger partial charge is 0.442 e. The van der Waals surface area contributed by atoms with Crippen LogP contribution in [0.5, 0.6) is 11.6 Å². The molecule has 8 nitrogen and oxygen atoms in total. The molecule has 0 aliphatic carbocycles. The summed E-state index contributed by atoms with van der Waals surface area (Å²) in [7, 11) is 2.82. The molecule has 0 radical (unpaired) electrons. The lowest BCUT2D eigenvalue weighted by Crippen LogP contribution is -2.29. The molecule has 1 amide bonds. The lowest BCUT2D eigenvalue weighted by molar-refractivity contribution is -0.114. The summed E-state index contributed by atoms with van der Waals surface area (Å²) in [5.41, 5.74) is 1.18. The number of carbonyl (C=O) groups is 1. The maximum absolute atomic E-state index is 12.2. The molecule has 1 N–H and O–H groups in total. The SMILES string of the molecule is CNC(=O)C(=NOC)C(C)=C(C)Oc1ccn(-c2ccc(OC(F)F)cc2)n1. The van der Waals surface area contributed by atoms with Crippen LogP contribution in [0.15, 0.2) is 53.0 Å². The highest BCUT2D eigenvalue weighted by Crippen LogP contribution is 2.20. The summed E-state index contributed by atoms with van der Waals surface area (Å²) in [6.45, 7) is 0.454. The Morgan fingerprint density at radius 3 is 2.46 bits per heavy atom. The Hall–Kier alpha value is -3.43. The van der Waals surface area contributed by atoms with Crippen molar-refractivity contribution in [3.8, 4) is 17.3 Å². The summed E-state index contributed by atoms with van der Waals surface area (Å²) in [6, 6.07) is 7.60. The van der Waals surface area contributed by atoms with Crippen LogP contribution in [-0.2, 0) is 9.63 Å². The van der Waals surface area contributed by atoms with Crippen molar-refractivity contribution in [1.82, 2.24) is 15.1 Å². The highest BCUT2D eigenvalue weighted by Gasteiger charge is 2.17. The first-order chi connectivity index (χ1) is 13.3. The van der Waals surface area contributed by atoms with Crippen LogP contribution < -0.4 is 14.8 Å². The zero-order chi connectivity index (χ0) is 20.7. The summed E-state index contributed by atoms with van der Waals surface area (Å²) in [4.78, 5) is 16.6. The first kappa shape index (κ1) is 20.9. The molecule has 28 heavy (non-hydrogen) atoms. The van der Waals surface area contributed by atoms with Gasteiger partial charge >= 0.3 is 6.61 Å². The minimum Gasteiger partial charge on any atom is -0.442 e. The van der Waals surface area contributed by atoms with Gasteiger partial charge in [-0.1, -0.05) is 5.16 Å². The number of nitrogens with zero attached hydrogens (tertiary/aromatic N) is 3. The van der Waals surface area contributed by atoms with E-state index in [-0.39, 0.29) is 17.3 Å².